The van der Waals surface area contributed by atoms with Crippen molar-refractivity contribution in [1.82, 2.24) is 0 Å². The van der Waals surface area contributed by atoms with E-state index in [1.54, 1.807) is 18.2 Å². The first-order chi connectivity index (χ1) is 6.75. The minimum atomic E-state index is -0.316. The van der Waals surface area contributed by atoms with E-state index < -0.39 is 0 Å². The van der Waals surface area contributed by atoms with E-state index in [-0.39, 0.29) is 18.2 Å². The second-order valence-electron chi connectivity index (χ2n) is 2.99. The van der Waals surface area contributed by atoms with Gasteiger partial charge in [-0.2, -0.15) is 0 Å². The van der Waals surface area contributed by atoms with Crippen LogP contribution in [0.3, 0.4) is 0 Å². The normalized spacial score (nSPS) is 14.1. The number of nitrogens with zero attached hydrogens (tertiary/aromatic N) is 1. The topological polar surface area (TPSA) is 44.2 Å². The molecule has 0 atom stereocenters. The molecule has 0 saturated carbocycles. The average molecular weight is 184 g/mol. The van der Waals surface area contributed by atoms with E-state index >= 15 is 0 Å². The molecule has 0 saturated heterocycles. The summed E-state index contributed by atoms with van der Waals surface area (Å²) in [4.78, 5) is 13.0. The number of terminal acetylenes is 1. The first-order valence-corrected chi connectivity index (χ1v) is 4.19. The molecule has 0 bridgehead atoms. The molecular weight excluding hydrogens is 176 g/mol. The molecule has 0 spiro atoms. The van der Waals surface area contributed by atoms with Gasteiger partial charge in [0.25, 0.3) is 5.91 Å². The van der Waals surface area contributed by atoms with Crippen molar-refractivity contribution in [1.29, 1.82) is 5.41 Å². The van der Waals surface area contributed by atoms with E-state index in [9.17, 15) is 4.79 Å². The minimum absolute atomic E-state index is 0.0239. The zero-order valence-electron chi connectivity index (χ0n) is 7.45. The fraction of sp³-hybridized carbons (Fsp3) is 0.0909. The number of hydrogen-bond acceptors (Lipinski definition) is 2. The monoisotopic (exact) mass is 184 g/mol. The Bertz CT molecular complexity index is 457. The molecule has 1 aliphatic heterocycles. The number of para-hydroxylation sites is 1. The number of fused-ring (bicyclic) bond motifs is 1. The highest BCUT2D eigenvalue weighted by molar-refractivity contribution is 6.53. The zero-order chi connectivity index (χ0) is 10.1. The molecule has 0 radical (unpaired) electrons. The fourth-order valence-electron chi connectivity index (χ4n) is 1.53. The number of carbonyl (C=O) groups is 1. The highest BCUT2D eigenvalue weighted by atomic mass is 16.2. The molecule has 68 valence electrons. The largest absolute Gasteiger partial charge is 0.295 e. The minimum Gasteiger partial charge on any atom is -0.295 e. The van der Waals surface area contributed by atoms with Gasteiger partial charge in [-0.15, -0.1) is 6.42 Å². The number of carbonyl (C=O) groups excluding carboxylic acids is 1. The molecule has 3 heteroatoms. The SMILES string of the molecule is C#CCN1C(=O)C(=N)c2ccccc21. The summed E-state index contributed by atoms with van der Waals surface area (Å²) >= 11 is 0. The Balaban J connectivity index is 2.54. The van der Waals surface area contributed by atoms with Crippen LogP contribution < -0.4 is 4.90 Å². The third-order valence-electron chi connectivity index (χ3n) is 2.17. The highest BCUT2D eigenvalue weighted by Crippen LogP contribution is 2.27. The number of amides is 1. The molecule has 3 nitrogen and oxygen atoms in total. The summed E-state index contributed by atoms with van der Waals surface area (Å²) in [5.41, 5.74) is 1.42. The van der Waals surface area contributed by atoms with Crippen LogP contribution in [0.25, 0.3) is 0 Å². The summed E-state index contributed by atoms with van der Waals surface area (Å²) in [5, 5.41) is 7.59. The summed E-state index contributed by atoms with van der Waals surface area (Å²) in [5.74, 6) is 2.09. The second kappa shape index (κ2) is 3.00. The van der Waals surface area contributed by atoms with Crippen LogP contribution in [0.1, 0.15) is 5.56 Å². The number of benzene rings is 1. The van der Waals surface area contributed by atoms with Gasteiger partial charge in [0.2, 0.25) is 0 Å². The van der Waals surface area contributed by atoms with E-state index in [0.29, 0.717) is 5.56 Å². The Hall–Kier alpha value is -2.08. The lowest BCUT2D eigenvalue weighted by Gasteiger charge is -2.12. The van der Waals surface area contributed by atoms with Crippen LogP contribution in [0.5, 0.6) is 0 Å². The lowest BCUT2D eigenvalue weighted by atomic mass is 10.1. The van der Waals surface area contributed by atoms with Gasteiger partial charge in [0.15, 0.2) is 0 Å². The third kappa shape index (κ3) is 1.01. The highest BCUT2D eigenvalue weighted by Gasteiger charge is 2.31. The Morgan fingerprint density at radius 2 is 2.14 bits per heavy atom. The van der Waals surface area contributed by atoms with Crippen LogP contribution in [-0.4, -0.2) is 18.2 Å². The van der Waals surface area contributed by atoms with Crippen LogP contribution in [0, 0.1) is 17.8 Å². The van der Waals surface area contributed by atoms with Crippen molar-refractivity contribution in [2.75, 3.05) is 11.4 Å². The number of hydrogen-bond donors (Lipinski definition) is 1. The van der Waals surface area contributed by atoms with E-state index in [1.165, 1.54) is 4.90 Å². The van der Waals surface area contributed by atoms with E-state index in [0.717, 1.165) is 5.69 Å². The van der Waals surface area contributed by atoms with Crippen LogP contribution in [0.15, 0.2) is 24.3 Å². The molecule has 2 rings (SSSR count). The molecular formula is C11H8N2O. The first kappa shape index (κ1) is 8.52. The van der Waals surface area contributed by atoms with Crippen LogP contribution in [0.4, 0.5) is 5.69 Å². The molecule has 0 aromatic heterocycles. The maximum Gasteiger partial charge on any atom is 0.277 e. The van der Waals surface area contributed by atoms with Gasteiger partial charge in [-0.3, -0.25) is 15.1 Å². The Morgan fingerprint density at radius 1 is 1.43 bits per heavy atom. The molecule has 1 aromatic carbocycles. The molecule has 14 heavy (non-hydrogen) atoms. The van der Waals surface area contributed by atoms with E-state index in [4.69, 9.17) is 11.8 Å². The van der Waals surface area contributed by atoms with Gasteiger partial charge in [0, 0.05) is 5.56 Å². The Kier molecular flexibility index (Phi) is 1.83. The van der Waals surface area contributed by atoms with Crippen molar-refractivity contribution in [2.45, 2.75) is 0 Å². The van der Waals surface area contributed by atoms with Gasteiger partial charge in [-0.1, -0.05) is 24.1 Å². The van der Waals surface area contributed by atoms with Gasteiger partial charge < -0.3 is 0 Å². The van der Waals surface area contributed by atoms with Crippen LogP contribution in [0.2, 0.25) is 0 Å². The Labute approximate surface area is 81.9 Å². The molecule has 0 fully saturated rings. The summed E-state index contributed by atoms with van der Waals surface area (Å²) in [7, 11) is 0. The zero-order valence-corrected chi connectivity index (χ0v) is 7.45. The standard InChI is InChI=1S/C11H8N2O/c1-2-7-13-9-6-4-3-5-8(9)10(12)11(13)14/h1,3-6,12H,7H2. The van der Waals surface area contributed by atoms with Crippen molar-refractivity contribution in [3.05, 3.63) is 29.8 Å². The van der Waals surface area contributed by atoms with E-state index in [1.807, 2.05) is 6.07 Å². The summed E-state index contributed by atoms with van der Waals surface area (Å²) in [6.45, 7) is 0.220. The maximum atomic E-state index is 11.6. The molecule has 1 aliphatic rings. The lowest BCUT2D eigenvalue weighted by molar-refractivity contribution is -0.112. The number of nitrogens with one attached hydrogen (secondary N) is 1. The average Bonchev–Trinajstić information content (AvgIpc) is 2.45. The van der Waals surface area contributed by atoms with Gasteiger partial charge in [0.1, 0.15) is 5.71 Å². The number of rotatable bonds is 1. The molecule has 1 amide bonds. The lowest BCUT2D eigenvalue weighted by Crippen LogP contribution is -2.29. The molecule has 1 aromatic rings. The molecule has 0 unspecified atom stereocenters. The summed E-state index contributed by atoms with van der Waals surface area (Å²) in [6, 6.07) is 7.19. The molecule has 1 heterocycles. The summed E-state index contributed by atoms with van der Waals surface area (Å²) in [6.07, 6.45) is 5.16. The summed E-state index contributed by atoms with van der Waals surface area (Å²) < 4.78 is 0. The van der Waals surface area contributed by atoms with Crippen molar-refractivity contribution in [2.24, 2.45) is 0 Å². The smallest absolute Gasteiger partial charge is 0.277 e. The van der Waals surface area contributed by atoms with Crippen LogP contribution >= 0.6 is 0 Å². The quantitative estimate of drug-likeness (QED) is 0.651. The van der Waals surface area contributed by atoms with Gasteiger partial charge >= 0.3 is 0 Å². The van der Waals surface area contributed by atoms with Crippen molar-refractivity contribution < 1.29 is 4.79 Å². The number of anilines is 1. The van der Waals surface area contributed by atoms with Crippen molar-refractivity contribution in [3.8, 4) is 12.3 Å². The van der Waals surface area contributed by atoms with E-state index in [2.05, 4.69) is 5.92 Å². The Morgan fingerprint density at radius 3 is 2.86 bits per heavy atom. The third-order valence-corrected chi connectivity index (χ3v) is 2.17. The van der Waals surface area contributed by atoms with Gasteiger partial charge in [0.05, 0.1) is 12.2 Å². The maximum absolute atomic E-state index is 11.6. The second-order valence-corrected chi connectivity index (χ2v) is 2.99. The molecule has 1 N–H and O–H groups in total. The van der Waals surface area contributed by atoms with Crippen LogP contribution in [-0.2, 0) is 4.79 Å². The van der Waals surface area contributed by atoms with Crippen molar-refractivity contribution in [3.63, 3.8) is 0 Å². The van der Waals surface area contributed by atoms with Gasteiger partial charge in [-0.05, 0) is 6.07 Å². The fourth-order valence-corrected chi connectivity index (χ4v) is 1.53. The van der Waals surface area contributed by atoms with Gasteiger partial charge in [-0.25, -0.2) is 0 Å². The predicted molar refractivity (Wildman–Crippen MR) is 54.5 cm³/mol. The van der Waals surface area contributed by atoms with Crippen molar-refractivity contribution >= 4 is 17.3 Å². The first-order valence-electron chi connectivity index (χ1n) is 4.19. The molecule has 0 aliphatic carbocycles. The predicted octanol–water partition coefficient (Wildman–Crippen LogP) is 1.03.